The molecule has 0 aliphatic heterocycles. The second-order valence-corrected chi connectivity index (χ2v) is 7.89. The number of hydrogen-bond acceptors (Lipinski definition) is 4. The number of halogens is 1. The summed E-state index contributed by atoms with van der Waals surface area (Å²) < 4.78 is 7.37. The number of nitrogens with zero attached hydrogens (tertiary/aromatic N) is 2. The molecular weight excluding hydrogens is 392 g/mol. The molecule has 28 heavy (non-hydrogen) atoms. The minimum absolute atomic E-state index is 0.00619. The molecule has 0 atom stereocenters. The molecule has 2 heterocycles. The van der Waals surface area contributed by atoms with Gasteiger partial charge < -0.3 is 4.74 Å². The largest absolute Gasteiger partial charge is 0.494 e. The molecule has 4 nitrogen and oxygen atoms in total. The molecule has 4 rings (SSSR count). The van der Waals surface area contributed by atoms with Gasteiger partial charge in [-0.2, -0.15) is 0 Å². The molecule has 0 bridgehead atoms. The molecule has 0 saturated carbocycles. The minimum Gasteiger partial charge on any atom is -0.494 e. The summed E-state index contributed by atoms with van der Waals surface area (Å²) in [5.41, 5.74) is 3.18. The SMILES string of the molecule is Cc1ccc(-c2csc3ncn(CCCOc4ccc(Cl)cc4)c(=O)c23)cc1. The van der Waals surface area contributed by atoms with Gasteiger partial charge in [-0.1, -0.05) is 41.4 Å². The van der Waals surface area contributed by atoms with Crippen LogP contribution in [0.5, 0.6) is 5.75 Å². The van der Waals surface area contributed by atoms with Gasteiger partial charge in [0.25, 0.3) is 5.56 Å². The third-order valence-corrected chi connectivity index (χ3v) is 5.69. The van der Waals surface area contributed by atoms with Crippen molar-refractivity contribution in [1.82, 2.24) is 9.55 Å². The number of ether oxygens (including phenoxy) is 1. The van der Waals surface area contributed by atoms with Crippen LogP contribution in [-0.4, -0.2) is 16.2 Å². The van der Waals surface area contributed by atoms with Crippen molar-refractivity contribution in [2.75, 3.05) is 6.61 Å². The molecule has 0 aliphatic carbocycles. The van der Waals surface area contributed by atoms with E-state index in [1.54, 1.807) is 23.0 Å². The number of hydrogen-bond donors (Lipinski definition) is 0. The average Bonchev–Trinajstić information content (AvgIpc) is 3.14. The molecule has 0 spiro atoms. The Kier molecular flexibility index (Phi) is 5.46. The fourth-order valence-electron chi connectivity index (χ4n) is 3.03. The van der Waals surface area contributed by atoms with Crippen LogP contribution in [0.1, 0.15) is 12.0 Å². The lowest BCUT2D eigenvalue weighted by Gasteiger charge is -2.08. The van der Waals surface area contributed by atoms with E-state index in [9.17, 15) is 4.79 Å². The van der Waals surface area contributed by atoms with Crippen molar-refractivity contribution in [3.63, 3.8) is 0 Å². The highest BCUT2D eigenvalue weighted by Gasteiger charge is 2.13. The van der Waals surface area contributed by atoms with E-state index >= 15 is 0 Å². The third kappa shape index (κ3) is 3.96. The zero-order valence-corrected chi connectivity index (χ0v) is 17.0. The van der Waals surface area contributed by atoms with Crippen LogP contribution >= 0.6 is 22.9 Å². The molecule has 4 aromatic rings. The topological polar surface area (TPSA) is 44.1 Å². The van der Waals surface area contributed by atoms with Crippen molar-refractivity contribution in [1.29, 1.82) is 0 Å². The van der Waals surface area contributed by atoms with Crippen molar-refractivity contribution in [3.05, 3.63) is 81.2 Å². The molecule has 0 radical (unpaired) electrons. The van der Waals surface area contributed by atoms with Gasteiger partial charge in [-0.3, -0.25) is 9.36 Å². The molecule has 0 N–H and O–H groups in total. The highest BCUT2D eigenvalue weighted by Crippen LogP contribution is 2.30. The van der Waals surface area contributed by atoms with Gasteiger partial charge >= 0.3 is 0 Å². The molecule has 0 saturated heterocycles. The Morgan fingerprint density at radius 3 is 2.61 bits per heavy atom. The molecule has 0 aliphatic rings. The summed E-state index contributed by atoms with van der Waals surface area (Å²) in [4.78, 5) is 18.3. The number of fused-ring (bicyclic) bond motifs is 1. The quantitative estimate of drug-likeness (QED) is 0.391. The van der Waals surface area contributed by atoms with Crippen LogP contribution in [0.3, 0.4) is 0 Å². The van der Waals surface area contributed by atoms with Gasteiger partial charge in [0.15, 0.2) is 0 Å². The van der Waals surface area contributed by atoms with Gasteiger partial charge in [-0.15, -0.1) is 11.3 Å². The molecule has 2 aromatic heterocycles. The van der Waals surface area contributed by atoms with Gasteiger partial charge in [0.05, 0.1) is 18.3 Å². The Hall–Kier alpha value is -2.63. The standard InChI is InChI=1S/C22H19ClN2O2S/c1-15-3-5-16(6-4-15)19-13-28-21-20(19)22(26)25(14-24-21)11-2-12-27-18-9-7-17(23)8-10-18/h3-10,13-14H,2,11-12H2,1H3. The lowest BCUT2D eigenvalue weighted by Crippen LogP contribution is -2.21. The van der Waals surface area contributed by atoms with Gasteiger partial charge in [0.1, 0.15) is 10.6 Å². The molecule has 0 amide bonds. The second kappa shape index (κ2) is 8.17. The zero-order chi connectivity index (χ0) is 19.5. The van der Waals surface area contributed by atoms with Crippen LogP contribution in [-0.2, 0) is 6.54 Å². The zero-order valence-electron chi connectivity index (χ0n) is 15.4. The van der Waals surface area contributed by atoms with Crippen LogP contribution in [0, 0.1) is 6.92 Å². The monoisotopic (exact) mass is 410 g/mol. The number of rotatable bonds is 6. The summed E-state index contributed by atoms with van der Waals surface area (Å²) in [5.74, 6) is 0.768. The normalized spacial score (nSPS) is 11.1. The lowest BCUT2D eigenvalue weighted by atomic mass is 10.1. The smallest absolute Gasteiger partial charge is 0.262 e. The number of thiophene rings is 1. The van der Waals surface area contributed by atoms with E-state index in [-0.39, 0.29) is 5.56 Å². The number of aryl methyl sites for hydroxylation is 2. The van der Waals surface area contributed by atoms with Gasteiger partial charge in [-0.05, 0) is 43.2 Å². The summed E-state index contributed by atoms with van der Waals surface area (Å²) in [5, 5.41) is 3.38. The van der Waals surface area contributed by atoms with E-state index in [0.717, 1.165) is 21.7 Å². The van der Waals surface area contributed by atoms with E-state index in [1.807, 2.05) is 29.6 Å². The first-order valence-corrected chi connectivity index (χ1v) is 10.3. The van der Waals surface area contributed by atoms with E-state index in [0.29, 0.717) is 30.0 Å². The van der Waals surface area contributed by atoms with Crippen molar-refractivity contribution >= 4 is 33.2 Å². The average molecular weight is 411 g/mol. The van der Waals surface area contributed by atoms with E-state index in [4.69, 9.17) is 16.3 Å². The summed E-state index contributed by atoms with van der Waals surface area (Å²) in [6.07, 6.45) is 2.34. The third-order valence-electron chi connectivity index (χ3n) is 4.55. The lowest BCUT2D eigenvalue weighted by molar-refractivity contribution is 0.301. The Bertz CT molecular complexity index is 1150. The fraction of sp³-hybridized carbons (Fsp3) is 0.182. The van der Waals surface area contributed by atoms with Crippen LogP contribution in [0.4, 0.5) is 0 Å². The van der Waals surface area contributed by atoms with Crippen LogP contribution in [0.2, 0.25) is 5.02 Å². The Labute approximate surface area is 172 Å². The Balaban J connectivity index is 1.51. The molecule has 142 valence electrons. The van der Waals surface area contributed by atoms with Crippen molar-refractivity contribution in [3.8, 4) is 16.9 Å². The van der Waals surface area contributed by atoms with Gasteiger partial charge in [0, 0.05) is 22.5 Å². The predicted octanol–water partition coefficient (Wildman–Crippen LogP) is 5.56. The minimum atomic E-state index is -0.00619. The first-order valence-electron chi connectivity index (χ1n) is 9.04. The van der Waals surface area contributed by atoms with Crippen molar-refractivity contribution in [2.24, 2.45) is 0 Å². The Morgan fingerprint density at radius 2 is 1.86 bits per heavy atom. The molecule has 0 fully saturated rings. The van der Waals surface area contributed by atoms with Crippen LogP contribution in [0.25, 0.3) is 21.3 Å². The second-order valence-electron chi connectivity index (χ2n) is 6.59. The van der Waals surface area contributed by atoms with Crippen molar-refractivity contribution < 1.29 is 4.74 Å². The maximum absolute atomic E-state index is 13.0. The van der Waals surface area contributed by atoms with E-state index in [1.165, 1.54) is 16.9 Å². The number of aromatic nitrogens is 2. The summed E-state index contributed by atoms with van der Waals surface area (Å²) >= 11 is 7.38. The maximum atomic E-state index is 13.0. The Morgan fingerprint density at radius 1 is 1.11 bits per heavy atom. The summed E-state index contributed by atoms with van der Waals surface area (Å²) in [7, 11) is 0. The maximum Gasteiger partial charge on any atom is 0.262 e. The van der Waals surface area contributed by atoms with Gasteiger partial charge in [-0.25, -0.2) is 4.98 Å². The summed E-state index contributed by atoms with van der Waals surface area (Å²) in [6.45, 7) is 3.12. The highest BCUT2D eigenvalue weighted by atomic mass is 35.5. The molecule has 6 heteroatoms. The van der Waals surface area contributed by atoms with E-state index < -0.39 is 0 Å². The fourth-order valence-corrected chi connectivity index (χ4v) is 4.06. The van der Waals surface area contributed by atoms with Crippen molar-refractivity contribution in [2.45, 2.75) is 19.9 Å². The summed E-state index contributed by atoms with van der Waals surface area (Å²) in [6, 6.07) is 15.5. The van der Waals surface area contributed by atoms with Crippen LogP contribution < -0.4 is 10.3 Å². The molecule has 2 aromatic carbocycles. The van der Waals surface area contributed by atoms with E-state index in [2.05, 4.69) is 24.0 Å². The molecular formula is C22H19ClN2O2S. The van der Waals surface area contributed by atoms with Crippen LogP contribution in [0.15, 0.2) is 65.0 Å². The molecule has 0 unspecified atom stereocenters. The number of benzene rings is 2. The first-order chi connectivity index (χ1) is 13.6. The highest BCUT2D eigenvalue weighted by molar-refractivity contribution is 7.17. The van der Waals surface area contributed by atoms with Gasteiger partial charge in [0.2, 0.25) is 0 Å². The first kappa shape index (κ1) is 18.7. The predicted molar refractivity (Wildman–Crippen MR) is 116 cm³/mol.